The van der Waals surface area contributed by atoms with Gasteiger partial charge in [0.05, 0.1) is 6.61 Å². The summed E-state index contributed by atoms with van der Waals surface area (Å²) >= 11 is 3.43. The molecule has 0 saturated carbocycles. The van der Waals surface area contributed by atoms with Gasteiger partial charge in [0.1, 0.15) is 0 Å². The van der Waals surface area contributed by atoms with Gasteiger partial charge in [-0.15, -0.1) is 0 Å². The summed E-state index contributed by atoms with van der Waals surface area (Å²) in [6, 6.07) is 3.93. The molecule has 1 aliphatic heterocycles. The van der Waals surface area contributed by atoms with E-state index in [1.165, 1.54) is 0 Å². The Kier molecular flexibility index (Phi) is 2.65. The lowest BCUT2D eigenvalue weighted by Gasteiger charge is -2.18. The summed E-state index contributed by atoms with van der Waals surface area (Å²) in [5.74, 6) is 1.25. The summed E-state index contributed by atoms with van der Waals surface area (Å²) in [6.07, 6.45) is 4.14. The summed E-state index contributed by atoms with van der Waals surface area (Å²) < 4.78 is 8.30. The number of hydrogen-bond donors (Lipinski definition) is 0. The van der Waals surface area contributed by atoms with Crippen LogP contribution in [0.4, 0.5) is 0 Å². The molecule has 1 atom stereocenters. The third-order valence-electron chi connectivity index (χ3n) is 2.84. The first-order valence-electron chi connectivity index (χ1n) is 5.42. The molecule has 2 aromatic rings. The van der Waals surface area contributed by atoms with E-state index in [1.807, 2.05) is 22.8 Å². The molecule has 5 heteroatoms. The Bertz CT molecular complexity index is 505. The predicted octanol–water partition coefficient (Wildman–Crippen LogP) is 2.39. The van der Waals surface area contributed by atoms with Crippen LogP contribution in [0.5, 0.6) is 0 Å². The van der Waals surface area contributed by atoms with E-state index < -0.39 is 0 Å². The van der Waals surface area contributed by atoms with Gasteiger partial charge < -0.3 is 4.74 Å². The lowest BCUT2D eigenvalue weighted by atomic mass is 10.0. The Labute approximate surface area is 102 Å². The molecule has 3 rings (SSSR count). The maximum Gasteiger partial charge on any atom is 0.157 e. The minimum Gasteiger partial charge on any atom is -0.381 e. The van der Waals surface area contributed by atoms with E-state index in [0.717, 1.165) is 42.0 Å². The van der Waals surface area contributed by atoms with Gasteiger partial charge in [-0.25, -0.2) is 9.50 Å². The van der Waals surface area contributed by atoms with Gasteiger partial charge in [0.2, 0.25) is 0 Å². The molecule has 0 aromatic carbocycles. The highest BCUT2D eigenvalue weighted by molar-refractivity contribution is 9.10. The molecule has 1 fully saturated rings. The maximum atomic E-state index is 5.46. The van der Waals surface area contributed by atoms with Crippen molar-refractivity contribution < 1.29 is 4.74 Å². The molecule has 0 bridgehead atoms. The zero-order valence-corrected chi connectivity index (χ0v) is 10.4. The lowest BCUT2D eigenvalue weighted by Crippen LogP contribution is -2.16. The highest BCUT2D eigenvalue weighted by Gasteiger charge is 2.20. The van der Waals surface area contributed by atoms with E-state index in [2.05, 4.69) is 26.0 Å². The zero-order valence-electron chi connectivity index (χ0n) is 8.77. The molecule has 1 unspecified atom stereocenters. The van der Waals surface area contributed by atoms with Gasteiger partial charge in [-0.3, -0.25) is 0 Å². The minimum atomic E-state index is 0.354. The SMILES string of the molecule is Brc1ccn2nc(C3CCCOC3)nc2c1. The fraction of sp³-hybridized carbons (Fsp3) is 0.455. The Morgan fingerprint density at radius 1 is 1.50 bits per heavy atom. The molecule has 16 heavy (non-hydrogen) atoms. The van der Waals surface area contributed by atoms with Gasteiger partial charge in [-0.05, 0) is 25.0 Å². The smallest absolute Gasteiger partial charge is 0.157 e. The van der Waals surface area contributed by atoms with Crippen LogP contribution in [0.3, 0.4) is 0 Å². The van der Waals surface area contributed by atoms with Crippen molar-refractivity contribution in [2.45, 2.75) is 18.8 Å². The van der Waals surface area contributed by atoms with E-state index >= 15 is 0 Å². The van der Waals surface area contributed by atoms with Crippen LogP contribution in [0, 0.1) is 0 Å². The van der Waals surface area contributed by atoms with E-state index in [4.69, 9.17) is 4.74 Å². The summed E-state index contributed by atoms with van der Waals surface area (Å²) in [4.78, 5) is 4.54. The van der Waals surface area contributed by atoms with Crippen molar-refractivity contribution in [2.75, 3.05) is 13.2 Å². The van der Waals surface area contributed by atoms with Gasteiger partial charge in [0, 0.05) is 23.2 Å². The second-order valence-electron chi connectivity index (χ2n) is 4.03. The van der Waals surface area contributed by atoms with Crippen LogP contribution in [-0.4, -0.2) is 27.8 Å². The molecular weight excluding hydrogens is 270 g/mol. The monoisotopic (exact) mass is 281 g/mol. The van der Waals surface area contributed by atoms with Crippen LogP contribution >= 0.6 is 15.9 Å². The van der Waals surface area contributed by atoms with E-state index in [-0.39, 0.29) is 0 Å². The number of fused-ring (bicyclic) bond motifs is 1. The van der Waals surface area contributed by atoms with Gasteiger partial charge in [-0.1, -0.05) is 15.9 Å². The fourth-order valence-electron chi connectivity index (χ4n) is 1.99. The van der Waals surface area contributed by atoms with Gasteiger partial charge in [0.25, 0.3) is 0 Å². The maximum absolute atomic E-state index is 5.46. The molecule has 0 spiro atoms. The average molecular weight is 282 g/mol. The van der Waals surface area contributed by atoms with Crippen LogP contribution in [-0.2, 0) is 4.74 Å². The highest BCUT2D eigenvalue weighted by Crippen LogP contribution is 2.23. The molecule has 0 amide bonds. The number of halogens is 1. The topological polar surface area (TPSA) is 39.4 Å². The van der Waals surface area contributed by atoms with Crippen LogP contribution in [0.1, 0.15) is 24.6 Å². The average Bonchev–Trinajstić information content (AvgIpc) is 2.73. The predicted molar refractivity (Wildman–Crippen MR) is 63.5 cm³/mol. The largest absolute Gasteiger partial charge is 0.381 e. The Morgan fingerprint density at radius 2 is 2.44 bits per heavy atom. The van der Waals surface area contributed by atoms with Crippen molar-refractivity contribution in [3.05, 3.63) is 28.6 Å². The first-order valence-corrected chi connectivity index (χ1v) is 6.22. The van der Waals surface area contributed by atoms with Gasteiger partial charge in [0.15, 0.2) is 11.5 Å². The molecular formula is C11H12BrN3O. The Morgan fingerprint density at radius 3 is 3.25 bits per heavy atom. The quantitative estimate of drug-likeness (QED) is 0.806. The van der Waals surface area contributed by atoms with Crippen molar-refractivity contribution in [3.63, 3.8) is 0 Å². The zero-order chi connectivity index (χ0) is 11.0. The fourth-order valence-corrected chi connectivity index (χ4v) is 2.31. The van der Waals surface area contributed by atoms with Crippen LogP contribution in [0.2, 0.25) is 0 Å². The van der Waals surface area contributed by atoms with Crippen molar-refractivity contribution in [3.8, 4) is 0 Å². The number of aromatic nitrogens is 3. The van der Waals surface area contributed by atoms with Crippen molar-refractivity contribution in [1.82, 2.24) is 14.6 Å². The number of hydrogen-bond acceptors (Lipinski definition) is 3. The summed E-state index contributed by atoms with van der Waals surface area (Å²) in [5, 5.41) is 4.48. The first kappa shape index (κ1) is 10.2. The lowest BCUT2D eigenvalue weighted by molar-refractivity contribution is 0.0781. The summed E-state index contributed by atoms with van der Waals surface area (Å²) in [6.45, 7) is 1.62. The minimum absolute atomic E-state index is 0.354. The van der Waals surface area contributed by atoms with Crippen LogP contribution < -0.4 is 0 Å². The normalized spacial score (nSPS) is 21.4. The van der Waals surface area contributed by atoms with E-state index in [9.17, 15) is 0 Å². The first-order chi connectivity index (χ1) is 7.83. The standard InChI is InChI=1S/C11H12BrN3O/c12-9-3-4-15-10(6-9)13-11(14-15)8-2-1-5-16-7-8/h3-4,6,8H,1-2,5,7H2. The second kappa shape index (κ2) is 4.14. The molecule has 0 radical (unpaired) electrons. The molecule has 0 N–H and O–H groups in total. The number of nitrogens with zero attached hydrogens (tertiary/aromatic N) is 3. The molecule has 1 saturated heterocycles. The number of pyridine rings is 1. The van der Waals surface area contributed by atoms with Crippen molar-refractivity contribution in [1.29, 1.82) is 0 Å². The molecule has 84 valence electrons. The highest BCUT2D eigenvalue weighted by atomic mass is 79.9. The van der Waals surface area contributed by atoms with Crippen LogP contribution in [0.25, 0.3) is 5.65 Å². The molecule has 2 aromatic heterocycles. The summed E-state index contributed by atoms with van der Waals surface area (Å²) in [7, 11) is 0. The van der Waals surface area contributed by atoms with Crippen LogP contribution in [0.15, 0.2) is 22.8 Å². The molecule has 1 aliphatic rings. The molecule has 4 nitrogen and oxygen atoms in total. The molecule has 0 aliphatic carbocycles. The Hall–Kier alpha value is -0.940. The number of rotatable bonds is 1. The second-order valence-corrected chi connectivity index (χ2v) is 4.95. The number of ether oxygens (including phenoxy) is 1. The van der Waals surface area contributed by atoms with Crippen molar-refractivity contribution >= 4 is 21.6 Å². The third kappa shape index (κ3) is 1.85. The Balaban J connectivity index is 1.97. The van der Waals surface area contributed by atoms with Gasteiger partial charge in [-0.2, -0.15) is 5.10 Å². The van der Waals surface area contributed by atoms with Gasteiger partial charge >= 0.3 is 0 Å². The van der Waals surface area contributed by atoms with Crippen molar-refractivity contribution in [2.24, 2.45) is 0 Å². The van der Waals surface area contributed by atoms with E-state index in [1.54, 1.807) is 0 Å². The summed E-state index contributed by atoms with van der Waals surface area (Å²) in [5.41, 5.74) is 0.884. The van der Waals surface area contributed by atoms with E-state index in [0.29, 0.717) is 5.92 Å². The third-order valence-corrected chi connectivity index (χ3v) is 3.33. The molecule has 3 heterocycles.